The van der Waals surface area contributed by atoms with E-state index >= 15 is 0 Å². The second-order valence-electron chi connectivity index (χ2n) is 8.13. The lowest BCUT2D eigenvalue weighted by atomic mass is 10.1. The SMILES string of the molecule is COc1cccc(C(=O)N(Cc2cc3cc(C)ccc3[nH]c2=O)c2ccc(C)cc2C)c1. The zero-order chi connectivity index (χ0) is 22.8. The average Bonchev–Trinajstić information content (AvgIpc) is 2.78. The number of aromatic amines is 1. The molecule has 0 spiro atoms. The molecule has 0 aliphatic rings. The molecule has 0 unspecified atom stereocenters. The van der Waals surface area contributed by atoms with Crippen LogP contribution in [0, 0.1) is 20.8 Å². The third-order valence-corrected chi connectivity index (χ3v) is 5.61. The molecule has 5 nitrogen and oxygen atoms in total. The van der Waals surface area contributed by atoms with Crippen LogP contribution >= 0.6 is 0 Å². The third-order valence-electron chi connectivity index (χ3n) is 5.61. The Labute approximate surface area is 187 Å². The lowest BCUT2D eigenvalue weighted by Crippen LogP contribution is -2.33. The zero-order valence-corrected chi connectivity index (χ0v) is 18.7. The minimum atomic E-state index is -0.199. The van der Waals surface area contributed by atoms with Crippen LogP contribution in [0.3, 0.4) is 0 Å². The molecular formula is C27H26N2O3. The lowest BCUT2D eigenvalue weighted by molar-refractivity contribution is 0.0984. The molecule has 5 heteroatoms. The van der Waals surface area contributed by atoms with E-state index in [4.69, 9.17) is 4.74 Å². The van der Waals surface area contributed by atoms with Crippen LogP contribution in [0.25, 0.3) is 10.9 Å². The maximum Gasteiger partial charge on any atom is 0.258 e. The Morgan fingerprint density at radius 1 is 0.938 bits per heavy atom. The normalized spacial score (nSPS) is 10.9. The van der Waals surface area contributed by atoms with Crippen molar-refractivity contribution in [2.75, 3.05) is 12.0 Å². The number of fused-ring (bicyclic) bond motifs is 1. The van der Waals surface area contributed by atoms with Crippen molar-refractivity contribution >= 4 is 22.5 Å². The summed E-state index contributed by atoms with van der Waals surface area (Å²) in [4.78, 5) is 31.1. The van der Waals surface area contributed by atoms with Gasteiger partial charge in [-0.15, -0.1) is 0 Å². The van der Waals surface area contributed by atoms with E-state index < -0.39 is 0 Å². The van der Waals surface area contributed by atoms with Crippen molar-refractivity contribution in [2.45, 2.75) is 27.3 Å². The number of methoxy groups -OCH3 is 1. The summed E-state index contributed by atoms with van der Waals surface area (Å²) in [6, 6.07) is 20.8. The first-order chi connectivity index (χ1) is 15.4. The van der Waals surface area contributed by atoms with E-state index in [1.165, 1.54) is 0 Å². The van der Waals surface area contributed by atoms with Gasteiger partial charge in [-0.1, -0.05) is 35.4 Å². The standard InChI is InChI=1S/C27H26N2O3/c1-17-9-11-25(19(3)12-17)29(27(31)20-6-5-7-23(15-20)32-4)16-22-14-21-13-18(2)8-10-24(21)28-26(22)30/h5-15H,16H2,1-4H3,(H,28,30). The minimum absolute atomic E-state index is 0.152. The minimum Gasteiger partial charge on any atom is -0.497 e. The molecule has 0 aliphatic carbocycles. The van der Waals surface area contributed by atoms with E-state index in [9.17, 15) is 9.59 Å². The molecule has 162 valence electrons. The largest absolute Gasteiger partial charge is 0.497 e. The molecule has 0 fully saturated rings. The third kappa shape index (κ3) is 4.28. The quantitative estimate of drug-likeness (QED) is 0.470. The van der Waals surface area contributed by atoms with Crippen LogP contribution in [0.1, 0.15) is 32.6 Å². The number of ether oxygens (including phenoxy) is 1. The predicted octanol–water partition coefficient (Wildman–Crippen LogP) is 5.31. The van der Waals surface area contributed by atoms with Gasteiger partial charge in [0.2, 0.25) is 0 Å². The molecule has 1 aromatic heterocycles. The summed E-state index contributed by atoms with van der Waals surface area (Å²) in [5.41, 5.74) is 5.56. The highest BCUT2D eigenvalue weighted by molar-refractivity contribution is 6.06. The number of anilines is 1. The lowest BCUT2D eigenvalue weighted by Gasteiger charge is -2.25. The van der Waals surface area contributed by atoms with Crippen molar-refractivity contribution in [3.63, 3.8) is 0 Å². The molecule has 4 rings (SSSR count). The van der Waals surface area contributed by atoms with E-state index in [1.807, 2.05) is 63.2 Å². The number of rotatable bonds is 5. The Balaban J connectivity index is 1.82. The first-order valence-electron chi connectivity index (χ1n) is 10.5. The highest BCUT2D eigenvalue weighted by atomic mass is 16.5. The van der Waals surface area contributed by atoms with Crippen molar-refractivity contribution in [2.24, 2.45) is 0 Å². The van der Waals surface area contributed by atoms with Crippen LogP contribution < -0.4 is 15.2 Å². The molecule has 32 heavy (non-hydrogen) atoms. The van der Waals surface area contributed by atoms with Crippen LogP contribution in [0.2, 0.25) is 0 Å². The number of nitrogens with one attached hydrogen (secondary N) is 1. The summed E-state index contributed by atoms with van der Waals surface area (Å²) in [7, 11) is 1.57. The summed E-state index contributed by atoms with van der Waals surface area (Å²) >= 11 is 0. The number of H-pyrrole nitrogens is 1. The highest BCUT2D eigenvalue weighted by Gasteiger charge is 2.22. The van der Waals surface area contributed by atoms with Crippen LogP contribution in [-0.4, -0.2) is 18.0 Å². The molecule has 1 amide bonds. The second kappa shape index (κ2) is 8.71. The summed E-state index contributed by atoms with van der Waals surface area (Å²) in [6.07, 6.45) is 0. The summed E-state index contributed by atoms with van der Waals surface area (Å²) in [5, 5.41) is 0.939. The van der Waals surface area contributed by atoms with Crippen molar-refractivity contribution in [1.82, 2.24) is 4.98 Å². The number of carbonyl (C=O) groups is 1. The molecule has 4 aromatic rings. The molecular weight excluding hydrogens is 400 g/mol. The average molecular weight is 427 g/mol. The van der Waals surface area contributed by atoms with Gasteiger partial charge >= 0.3 is 0 Å². The van der Waals surface area contributed by atoms with E-state index in [2.05, 4.69) is 4.98 Å². The number of hydrogen-bond donors (Lipinski definition) is 1. The molecule has 0 radical (unpaired) electrons. The monoisotopic (exact) mass is 426 g/mol. The summed E-state index contributed by atoms with van der Waals surface area (Å²) in [6.45, 7) is 6.15. The molecule has 0 atom stereocenters. The molecule has 0 saturated carbocycles. The Kier molecular flexibility index (Phi) is 5.82. The van der Waals surface area contributed by atoms with Crippen molar-refractivity contribution in [3.8, 4) is 5.75 Å². The fraction of sp³-hybridized carbons (Fsp3) is 0.185. The van der Waals surface area contributed by atoms with Crippen molar-refractivity contribution < 1.29 is 9.53 Å². The molecule has 0 saturated heterocycles. The Morgan fingerprint density at radius 2 is 1.69 bits per heavy atom. The van der Waals surface area contributed by atoms with Gasteiger partial charge in [0, 0.05) is 22.3 Å². The number of amides is 1. The second-order valence-corrected chi connectivity index (χ2v) is 8.13. The molecule has 0 aliphatic heterocycles. The van der Waals surface area contributed by atoms with E-state index in [0.29, 0.717) is 16.9 Å². The van der Waals surface area contributed by atoms with Gasteiger partial charge in [0.25, 0.3) is 11.5 Å². The topological polar surface area (TPSA) is 62.4 Å². The van der Waals surface area contributed by atoms with Crippen molar-refractivity contribution in [1.29, 1.82) is 0 Å². The molecule has 0 bridgehead atoms. The molecule has 1 N–H and O–H groups in total. The van der Waals surface area contributed by atoms with Gasteiger partial charge < -0.3 is 14.6 Å². The maximum atomic E-state index is 13.6. The van der Waals surface area contributed by atoms with Gasteiger partial charge in [0.1, 0.15) is 5.75 Å². The zero-order valence-electron chi connectivity index (χ0n) is 18.7. The van der Waals surface area contributed by atoms with E-state index in [-0.39, 0.29) is 18.0 Å². The number of benzene rings is 3. The van der Waals surface area contributed by atoms with Gasteiger partial charge in [-0.25, -0.2) is 0 Å². The number of aryl methyl sites for hydroxylation is 3. The fourth-order valence-corrected chi connectivity index (χ4v) is 3.95. The van der Waals surface area contributed by atoms with Gasteiger partial charge in [0.05, 0.1) is 13.7 Å². The van der Waals surface area contributed by atoms with Crippen LogP contribution in [0.4, 0.5) is 5.69 Å². The Bertz CT molecular complexity index is 1370. The highest BCUT2D eigenvalue weighted by Crippen LogP contribution is 2.26. The van der Waals surface area contributed by atoms with Crippen LogP contribution in [-0.2, 0) is 6.54 Å². The number of aromatic nitrogens is 1. The predicted molar refractivity (Wildman–Crippen MR) is 129 cm³/mol. The number of nitrogens with zero attached hydrogens (tertiary/aromatic N) is 1. The number of pyridine rings is 1. The van der Waals surface area contributed by atoms with E-state index in [0.717, 1.165) is 33.3 Å². The fourth-order valence-electron chi connectivity index (χ4n) is 3.95. The van der Waals surface area contributed by atoms with Gasteiger partial charge in [0.15, 0.2) is 0 Å². The smallest absolute Gasteiger partial charge is 0.258 e. The maximum absolute atomic E-state index is 13.6. The molecule has 1 heterocycles. The Morgan fingerprint density at radius 3 is 2.44 bits per heavy atom. The van der Waals surface area contributed by atoms with E-state index in [1.54, 1.807) is 36.3 Å². The Hall–Kier alpha value is -3.86. The van der Waals surface area contributed by atoms with Gasteiger partial charge in [-0.2, -0.15) is 0 Å². The number of carbonyl (C=O) groups excluding carboxylic acids is 1. The first-order valence-corrected chi connectivity index (χ1v) is 10.5. The van der Waals surface area contributed by atoms with Crippen LogP contribution in [0.15, 0.2) is 71.5 Å². The summed E-state index contributed by atoms with van der Waals surface area (Å²) < 4.78 is 5.30. The first kappa shape index (κ1) is 21.4. The van der Waals surface area contributed by atoms with Gasteiger partial charge in [-0.05, 0) is 74.2 Å². The molecule has 3 aromatic carbocycles. The number of hydrogen-bond acceptors (Lipinski definition) is 3. The summed E-state index contributed by atoms with van der Waals surface area (Å²) in [5.74, 6) is 0.412. The van der Waals surface area contributed by atoms with Gasteiger partial charge in [-0.3, -0.25) is 9.59 Å². The van der Waals surface area contributed by atoms with Crippen molar-refractivity contribution in [3.05, 3.63) is 105 Å². The van der Waals surface area contributed by atoms with Crippen LogP contribution in [0.5, 0.6) is 5.75 Å².